The number of nitrogens with zero attached hydrogens (tertiary/aromatic N) is 2. The standard InChI is InChI=1S/C31H38FN3O4S/c1-6-18-33-31(37)28(7-2)34(20-25-12-14-26(32)15-13-25)30(36)21-35(29-19-23(4)8-11-24(29)5)40(38,39)27-16-9-22(3)10-17-27/h8-17,19,28H,6-7,18,20-21H2,1-5H3,(H,33,37)/t28-/m1/s1. The van der Waals surface area contributed by atoms with Crippen LogP contribution in [0.1, 0.15) is 48.9 Å². The van der Waals surface area contributed by atoms with Gasteiger partial charge in [0, 0.05) is 13.1 Å². The first-order valence-electron chi connectivity index (χ1n) is 13.5. The van der Waals surface area contributed by atoms with Gasteiger partial charge in [0.25, 0.3) is 10.0 Å². The lowest BCUT2D eigenvalue weighted by molar-refractivity contribution is -0.140. The molecule has 2 amide bonds. The van der Waals surface area contributed by atoms with Crippen molar-refractivity contribution in [1.29, 1.82) is 0 Å². The van der Waals surface area contributed by atoms with E-state index in [1.54, 1.807) is 44.2 Å². The van der Waals surface area contributed by atoms with E-state index in [1.807, 2.05) is 32.9 Å². The molecule has 0 aliphatic heterocycles. The molecule has 0 spiro atoms. The second-order valence-corrected chi connectivity index (χ2v) is 11.8. The lowest BCUT2D eigenvalue weighted by atomic mass is 10.1. The normalized spacial score (nSPS) is 12.1. The second-order valence-electron chi connectivity index (χ2n) is 9.98. The lowest BCUT2D eigenvalue weighted by Crippen LogP contribution is -2.52. The van der Waals surface area contributed by atoms with Gasteiger partial charge in [0.1, 0.15) is 18.4 Å². The topological polar surface area (TPSA) is 86.8 Å². The minimum absolute atomic E-state index is 0.0163. The number of anilines is 1. The van der Waals surface area contributed by atoms with Crippen molar-refractivity contribution in [3.8, 4) is 0 Å². The number of halogens is 1. The molecule has 3 aromatic carbocycles. The predicted octanol–water partition coefficient (Wildman–Crippen LogP) is 5.28. The van der Waals surface area contributed by atoms with Crippen LogP contribution in [0.15, 0.2) is 71.6 Å². The summed E-state index contributed by atoms with van der Waals surface area (Å²) >= 11 is 0. The molecule has 0 aliphatic rings. The average molecular weight is 568 g/mol. The van der Waals surface area contributed by atoms with Crippen molar-refractivity contribution in [2.75, 3.05) is 17.4 Å². The zero-order valence-electron chi connectivity index (χ0n) is 23.8. The van der Waals surface area contributed by atoms with Crippen LogP contribution in [0, 0.1) is 26.6 Å². The molecule has 0 heterocycles. The maximum Gasteiger partial charge on any atom is 0.264 e. The van der Waals surface area contributed by atoms with Crippen LogP contribution in [0.3, 0.4) is 0 Å². The first kappa shape index (κ1) is 30.8. The van der Waals surface area contributed by atoms with Crippen molar-refractivity contribution in [3.05, 3.63) is 94.8 Å². The summed E-state index contributed by atoms with van der Waals surface area (Å²) in [4.78, 5) is 28.7. The van der Waals surface area contributed by atoms with E-state index in [1.165, 1.54) is 29.2 Å². The fraction of sp³-hybridized carbons (Fsp3) is 0.355. The zero-order valence-corrected chi connectivity index (χ0v) is 24.6. The van der Waals surface area contributed by atoms with Crippen molar-refractivity contribution in [2.24, 2.45) is 0 Å². The third-order valence-corrected chi connectivity index (χ3v) is 8.50. The van der Waals surface area contributed by atoms with E-state index in [0.717, 1.165) is 21.9 Å². The second kappa shape index (κ2) is 13.6. The largest absolute Gasteiger partial charge is 0.354 e. The third kappa shape index (κ3) is 7.47. The van der Waals surface area contributed by atoms with Crippen LogP contribution in [0.4, 0.5) is 10.1 Å². The number of sulfonamides is 1. The number of carbonyl (C=O) groups excluding carboxylic acids is 2. The third-order valence-electron chi connectivity index (χ3n) is 6.72. The van der Waals surface area contributed by atoms with Crippen molar-refractivity contribution in [3.63, 3.8) is 0 Å². The number of aryl methyl sites for hydroxylation is 3. The van der Waals surface area contributed by atoms with Crippen LogP contribution in [0.2, 0.25) is 0 Å². The van der Waals surface area contributed by atoms with Gasteiger partial charge in [-0.1, -0.05) is 55.8 Å². The van der Waals surface area contributed by atoms with Gasteiger partial charge in [-0.2, -0.15) is 0 Å². The van der Waals surface area contributed by atoms with Gasteiger partial charge in [0.15, 0.2) is 0 Å². The van der Waals surface area contributed by atoms with Gasteiger partial charge in [0.05, 0.1) is 10.6 Å². The summed E-state index contributed by atoms with van der Waals surface area (Å²) in [6.07, 6.45) is 1.04. The zero-order chi connectivity index (χ0) is 29.4. The van der Waals surface area contributed by atoms with Gasteiger partial charge in [-0.15, -0.1) is 0 Å². The molecule has 1 atom stereocenters. The smallest absolute Gasteiger partial charge is 0.264 e. The Balaban J connectivity index is 2.09. The highest BCUT2D eigenvalue weighted by Crippen LogP contribution is 2.29. The minimum Gasteiger partial charge on any atom is -0.354 e. The number of hydrogen-bond donors (Lipinski definition) is 1. The van der Waals surface area contributed by atoms with Gasteiger partial charge < -0.3 is 10.2 Å². The number of carbonyl (C=O) groups is 2. The van der Waals surface area contributed by atoms with Crippen LogP contribution in [-0.2, 0) is 26.2 Å². The monoisotopic (exact) mass is 567 g/mol. The minimum atomic E-state index is -4.15. The maximum atomic E-state index is 14.1. The highest BCUT2D eigenvalue weighted by atomic mass is 32.2. The van der Waals surface area contributed by atoms with Crippen LogP contribution >= 0.6 is 0 Å². The van der Waals surface area contributed by atoms with Gasteiger partial charge in [-0.3, -0.25) is 13.9 Å². The molecule has 3 aromatic rings. The van der Waals surface area contributed by atoms with Crippen molar-refractivity contribution >= 4 is 27.5 Å². The average Bonchev–Trinajstić information content (AvgIpc) is 2.93. The summed E-state index contributed by atoms with van der Waals surface area (Å²) < 4.78 is 42.7. The molecule has 0 saturated heterocycles. The van der Waals surface area contributed by atoms with E-state index >= 15 is 0 Å². The first-order chi connectivity index (χ1) is 19.0. The molecule has 0 aromatic heterocycles. The molecule has 0 radical (unpaired) electrons. The Bertz CT molecular complexity index is 1420. The number of amides is 2. The number of benzene rings is 3. The van der Waals surface area contributed by atoms with Gasteiger partial charge >= 0.3 is 0 Å². The van der Waals surface area contributed by atoms with E-state index in [9.17, 15) is 22.4 Å². The van der Waals surface area contributed by atoms with E-state index in [2.05, 4.69) is 5.32 Å². The lowest BCUT2D eigenvalue weighted by Gasteiger charge is -2.33. The Labute approximate surface area is 237 Å². The molecule has 0 bridgehead atoms. The Kier molecular flexibility index (Phi) is 10.5. The Morgan fingerprint density at radius 2 is 1.52 bits per heavy atom. The maximum absolute atomic E-state index is 14.1. The molecule has 9 heteroatoms. The molecule has 0 saturated carbocycles. The van der Waals surface area contributed by atoms with Gasteiger partial charge in [-0.05, 0) is 80.6 Å². The summed E-state index contributed by atoms with van der Waals surface area (Å²) in [5.74, 6) is -1.28. The van der Waals surface area contributed by atoms with Gasteiger partial charge in [-0.25, -0.2) is 12.8 Å². The summed E-state index contributed by atoms with van der Waals surface area (Å²) in [6.45, 7) is 9.19. The van der Waals surface area contributed by atoms with Crippen LogP contribution in [0.25, 0.3) is 0 Å². The first-order valence-corrected chi connectivity index (χ1v) is 14.9. The van der Waals surface area contributed by atoms with E-state index in [0.29, 0.717) is 29.8 Å². The van der Waals surface area contributed by atoms with Crippen molar-refractivity contribution in [2.45, 2.75) is 64.9 Å². The number of hydrogen-bond acceptors (Lipinski definition) is 4. The molecule has 0 unspecified atom stereocenters. The highest BCUT2D eigenvalue weighted by molar-refractivity contribution is 7.92. The summed E-state index contributed by atoms with van der Waals surface area (Å²) in [5.41, 5.74) is 3.44. The van der Waals surface area contributed by atoms with Crippen LogP contribution in [-0.4, -0.2) is 44.3 Å². The van der Waals surface area contributed by atoms with Crippen LogP contribution < -0.4 is 9.62 Å². The Hall–Kier alpha value is -3.72. The summed E-state index contributed by atoms with van der Waals surface area (Å²) in [6, 6.07) is 16.8. The molecule has 0 fully saturated rings. The molecule has 3 rings (SSSR count). The van der Waals surface area contributed by atoms with E-state index in [-0.39, 0.29) is 17.3 Å². The van der Waals surface area contributed by atoms with Crippen molar-refractivity contribution < 1.29 is 22.4 Å². The van der Waals surface area contributed by atoms with Crippen LogP contribution in [0.5, 0.6) is 0 Å². The Morgan fingerprint density at radius 1 is 0.900 bits per heavy atom. The van der Waals surface area contributed by atoms with Crippen molar-refractivity contribution in [1.82, 2.24) is 10.2 Å². The highest BCUT2D eigenvalue weighted by Gasteiger charge is 2.34. The predicted molar refractivity (Wildman–Crippen MR) is 156 cm³/mol. The summed E-state index contributed by atoms with van der Waals surface area (Å²) in [5, 5.41) is 2.85. The molecule has 1 N–H and O–H groups in total. The molecule has 7 nitrogen and oxygen atoms in total. The fourth-order valence-corrected chi connectivity index (χ4v) is 5.88. The van der Waals surface area contributed by atoms with E-state index in [4.69, 9.17) is 0 Å². The molecular formula is C31H38FN3O4S. The fourth-order valence-electron chi connectivity index (χ4n) is 4.41. The molecule has 214 valence electrons. The molecular weight excluding hydrogens is 529 g/mol. The van der Waals surface area contributed by atoms with E-state index < -0.39 is 34.3 Å². The summed E-state index contributed by atoms with van der Waals surface area (Å²) in [7, 11) is -4.15. The Morgan fingerprint density at radius 3 is 2.12 bits per heavy atom. The molecule has 40 heavy (non-hydrogen) atoms. The van der Waals surface area contributed by atoms with Gasteiger partial charge in [0.2, 0.25) is 11.8 Å². The quantitative estimate of drug-likeness (QED) is 0.323. The number of rotatable bonds is 12. The molecule has 0 aliphatic carbocycles. The SMILES string of the molecule is CCCNC(=O)[C@@H](CC)N(Cc1ccc(F)cc1)C(=O)CN(c1cc(C)ccc1C)S(=O)(=O)c1ccc(C)cc1. The number of nitrogens with one attached hydrogen (secondary N) is 1.